The summed E-state index contributed by atoms with van der Waals surface area (Å²) < 4.78 is 16.8. The highest BCUT2D eigenvalue weighted by Crippen LogP contribution is 2.13. The maximum absolute atomic E-state index is 12.9. The Morgan fingerprint density at radius 2 is 0.520 bits per heavy atom. The Hall–Kier alpha value is -4.71. The lowest BCUT2D eigenvalue weighted by Gasteiger charge is -2.18. The van der Waals surface area contributed by atoms with Gasteiger partial charge in [0.2, 0.25) is 0 Å². The fourth-order valence-electron chi connectivity index (χ4n) is 7.82. The van der Waals surface area contributed by atoms with Crippen LogP contribution in [0.3, 0.4) is 0 Å². The SMILES string of the molecule is CC/C=C\C/C=C\C/C=C\C/C=C\C/C=C\C/C=C\C/C=C\C/C=C\CCCCCCC(=O)OCC(COC(=O)CCCCC/C=C\C/C=C\C/C=C\CC)OC(=O)CCCCCCC/C=C\CCCCCCCC. The second-order valence-electron chi connectivity index (χ2n) is 19.5. The summed E-state index contributed by atoms with van der Waals surface area (Å²) in [6.45, 7) is 6.34. The number of hydrogen-bond donors (Lipinski definition) is 0. The third kappa shape index (κ3) is 60.0. The first-order chi connectivity index (χ1) is 37.0. The van der Waals surface area contributed by atoms with Gasteiger partial charge in [-0.15, -0.1) is 0 Å². The quantitative estimate of drug-likeness (QED) is 0.0261. The normalized spacial score (nSPS) is 13.2. The van der Waals surface area contributed by atoms with E-state index >= 15 is 0 Å². The van der Waals surface area contributed by atoms with Crippen LogP contribution in [-0.2, 0) is 28.6 Å². The highest BCUT2D eigenvalue weighted by Gasteiger charge is 2.19. The molecule has 0 radical (unpaired) electrons. The van der Waals surface area contributed by atoms with E-state index in [1.54, 1.807) is 0 Å². The van der Waals surface area contributed by atoms with Crippen LogP contribution in [0, 0.1) is 0 Å². The van der Waals surface area contributed by atoms with Gasteiger partial charge in [0, 0.05) is 19.3 Å². The molecule has 1 unspecified atom stereocenters. The van der Waals surface area contributed by atoms with Crippen molar-refractivity contribution in [2.45, 2.75) is 258 Å². The molecule has 75 heavy (non-hydrogen) atoms. The zero-order chi connectivity index (χ0) is 54.3. The Kier molecular flexibility index (Phi) is 58.0. The number of ether oxygens (including phenoxy) is 3. The molecule has 6 heteroatoms. The van der Waals surface area contributed by atoms with Gasteiger partial charge in [-0.2, -0.15) is 0 Å². The van der Waals surface area contributed by atoms with E-state index in [4.69, 9.17) is 14.2 Å². The number of unbranched alkanes of at least 4 members (excludes halogenated alkanes) is 18. The third-order valence-electron chi connectivity index (χ3n) is 12.3. The van der Waals surface area contributed by atoms with Crippen LogP contribution in [0.1, 0.15) is 252 Å². The van der Waals surface area contributed by atoms with Crippen molar-refractivity contribution in [1.82, 2.24) is 0 Å². The lowest BCUT2D eigenvalue weighted by Crippen LogP contribution is -2.30. The number of hydrogen-bond acceptors (Lipinski definition) is 6. The second kappa shape index (κ2) is 61.8. The number of rotatable bonds is 53. The molecule has 0 saturated carbocycles. The number of carbonyl (C=O) groups is 3. The minimum absolute atomic E-state index is 0.109. The fraction of sp³-hybridized carbons (Fsp3) is 0.609. The van der Waals surface area contributed by atoms with Crippen LogP contribution in [0.2, 0.25) is 0 Å². The van der Waals surface area contributed by atoms with Gasteiger partial charge in [-0.25, -0.2) is 0 Å². The van der Waals surface area contributed by atoms with Crippen LogP contribution in [0.5, 0.6) is 0 Å². The largest absolute Gasteiger partial charge is 0.462 e. The van der Waals surface area contributed by atoms with Crippen LogP contribution in [-0.4, -0.2) is 37.2 Å². The van der Waals surface area contributed by atoms with Crippen molar-refractivity contribution in [3.63, 3.8) is 0 Å². The van der Waals surface area contributed by atoms with Crippen molar-refractivity contribution in [2.75, 3.05) is 13.2 Å². The topological polar surface area (TPSA) is 78.9 Å². The van der Waals surface area contributed by atoms with Crippen molar-refractivity contribution in [3.05, 3.63) is 146 Å². The minimum Gasteiger partial charge on any atom is -0.462 e. The third-order valence-corrected chi connectivity index (χ3v) is 12.3. The molecule has 0 fully saturated rings. The molecule has 0 aromatic rings. The Morgan fingerprint density at radius 1 is 0.280 bits per heavy atom. The zero-order valence-corrected chi connectivity index (χ0v) is 48.3. The first-order valence-electron chi connectivity index (χ1n) is 30.3. The molecule has 0 aromatic carbocycles. The summed E-state index contributed by atoms with van der Waals surface area (Å²) in [5, 5.41) is 0. The molecule has 0 N–H and O–H groups in total. The molecule has 0 saturated heterocycles. The molecule has 1 atom stereocenters. The van der Waals surface area contributed by atoms with Crippen LogP contribution >= 0.6 is 0 Å². The molecule has 0 amide bonds. The van der Waals surface area contributed by atoms with Crippen LogP contribution in [0.15, 0.2) is 146 Å². The van der Waals surface area contributed by atoms with Crippen molar-refractivity contribution < 1.29 is 28.6 Å². The van der Waals surface area contributed by atoms with E-state index in [0.717, 1.165) is 161 Å². The highest BCUT2D eigenvalue weighted by molar-refractivity contribution is 5.71. The van der Waals surface area contributed by atoms with E-state index in [0.29, 0.717) is 19.3 Å². The summed E-state index contributed by atoms with van der Waals surface area (Å²) in [6.07, 6.45) is 88.5. The van der Waals surface area contributed by atoms with Gasteiger partial charge in [0.25, 0.3) is 0 Å². The summed E-state index contributed by atoms with van der Waals surface area (Å²) in [5.41, 5.74) is 0. The Morgan fingerprint density at radius 3 is 0.840 bits per heavy atom. The molecule has 0 bridgehead atoms. The lowest BCUT2D eigenvalue weighted by atomic mass is 10.1. The predicted molar refractivity (Wildman–Crippen MR) is 325 cm³/mol. The van der Waals surface area contributed by atoms with Crippen LogP contribution in [0.4, 0.5) is 0 Å². The number of carbonyl (C=O) groups excluding carboxylic acids is 3. The summed E-state index contributed by atoms with van der Waals surface area (Å²) >= 11 is 0. The van der Waals surface area contributed by atoms with Gasteiger partial charge in [-0.3, -0.25) is 14.4 Å². The van der Waals surface area contributed by atoms with Crippen LogP contribution < -0.4 is 0 Å². The van der Waals surface area contributed by atoms with E-state index in [1.807, 2.05) is 0 Å². The minimum atomic E-state index is -0.811. The molecule has 0 rings (SSSR count). The maximum atomic E-state index is 12.9. The Bertz CT molecular complexity index is 1660. The zero-order valence-electron chi connectivity index (χ0n) is 48.3. The summed E-state index contributed by atoms with van der Waals surface area (Å²) in [6, 6.07) is 0. The Balaban J connectivity index is 4.41. The van der Waals surface area contributed by atoms with Crippen molar-refractivity contribution in [3.8, 4) is 0 Å². The molecule has 0 aliphatic rings. The van der Waals surface area contributed by atoms with Gasteiger partial charge in [-0.05, 0) is 141 Å². The number of esters is 3. The summed E-state index contributed by atoms with van der Waals surface area (Å²) in [7, 11) is 0. The van der Waals surface area contributed by atoms with E-state index in [1.165, 1.54) is 51.4 Å². The average Bonchev–Trinajstić information content (AvgIpc) is 3.41. The first-order valence-corrected chi connectivity index (χ1v) is 30.3. The van der Waals surface area contributed by atoms with Gasteiger partial charge in [0.1, 0.15) is 13.2 Å². The molecule has 0 spiro atoms. The number of allylic oxidation sites excluding steroid dienone is 24. The van der Waals surface area contributed by atoms with E-state index in [2.05, 4.69) is 167 Å². The Labute approximate surface area is 461 Å². The highest BCUT2D eigenvalue weighted by atomic mass is 16.6. The van der Waals surface area contributed by atoms with Gasteiger partial charge >= 0.3 is 17.9 Å². The van der Waals surface area contributed by atoms with Crippen LogP contribution in [0.25, 0.3) is 0 Å². The van der Waals surface area contributed by atoms with Crippen molar-refractivity contribution >= 4 is 17.9 Å². The first kappa shape index (κ1) is 70.3. The van der Waals surface area contributed by atoms with Gasteiger partial charge in [0.05, 0.1) is 0 Å². The van der Waals surface area contributed by atoms with Crippen molar-refractivity contribution in [2.24, 2.45) is 0 Å². The summed E-state index contributed by atoms with van der Waals surface area (Å²) in [4.78, 5) is 38.2. The predicted octanol–water partition coefficient (Wildman–Crippen LogP) is 20.8. The maximum Gasteiger partial charge on any atom is 0.306 e. The smallest absolute Gasteiger partial charge is 0.306 e. The average molecular weight is 1040 g/mol. The molecule has 6 nitrogen and oxygen atoms in total. The van der Waals surface area contributed by atoms with Gasteiger partial charge in [-0.1, -0.05) is 237 Å². The van der Waals surface area contributed by atoms with E-state index < -0.39 is 6.10 Å². The van der Waals surface area contributed by atoms with Crippen molar-refractivity contribution in [1.29, 1.82) is 0 Å². The molecule has 0 aliphatic carbocycles. The summed E-state index contributed by atoms with van der Waals surface area (Å²) in [5.74, 6) is -0.974. The standard InChI is InChI=1S/C69H110O6/c1-4-7-10-13-16-19-22-25-27-28-29-30-31-32-33-34-35-36-37-38-39-40-42-44-47-50-53-56-59-62-68(71)74-65-66(64-73-67(70)61-58-55-52-49-46-43-24-21-18-15-12-9-6-3)75-69(72)63-60-57-54-51-48-45-41-26-23-20-17-14-11-8-5-2/h7,9-10,12,16,18-19,21,25-27,29-30,32-33,35-36,38-39,41-44,46,66H,4-6,8,11,13-15,17,20,22-24,28,31,34,37,40,45,47-65H2,1-3H3/b10-7-,12-9-,19-16-,21-18-,27-25-,30-29-,33-32-,36-35-,39-38-,41-26-,44-42-,46-43-. The van der Waals surface area contributed by atoms with E-state index in [-0.39, 0.29) is 31.1 Å². The molecule has 0 aromatic heterocycles. The lowest BCUT2D eigenvalue weighted by molar-refractivity contribution is -0.167. The molecular formula is C69H110O6. The molecule has 422 valence electrons. The fourth-order valence-corrected chi connectivity index (χ4v) is 7.82. The molecule has 0 heterocycles. The monoisotopic (exact) mass is 1030 g/mol. The second-order valence-corrected chi connectivity index (χ2v) is 19.5. The van der Waals surface area contributed by atoms with Gasteiger partial charge in [0.15, 0.2) is 6.10 Å². The van der Waals surface area contributed by atoms with E-state index in [9.17, 15) is 14.4 Å². The van der Waals surface area contributed by atoms with Gasteiger partial charge < -0.3 is 14.2 Å². The molecular weight excluding hydrogens is 925 g/mol. The molecule has 0 aliphatic heterocycles.